The van der Waals surface area contributed by atoms with Crippen LogP contribution in [-0.4, -0.2) is 24.3 Å². The van der Waals surface area contributed by atoms with Crippen LogP contribution in [0, 0.1) is 0 Å². The normalized spacial score (nSPS) is 9.95. The van der Waals surface area contributed by atoms with Crippen molar-refractivity contribution < 1.29 is 9.90 Å². The Bertz CT molecular complexity index is 514. The quantitative estimate of drug-likeness (QED) is 0.883. The second-order valence-corrected chi connectivity index (χ2v) is 4.01. The lowest BCUT2D eigenvalue weighted by molar-refractivity contribution is 0.252. The molecule has 0 heterocycles. The molecule has 4 nitrogen and oxygen atoms in total. The van der Waals surface area contributed by atoms with Gasteiger partial charge in [-0.2, -0.15) is 0 Å². The minimum atomic E-state index is -0.258. The highest BCUT2D eigenvalue weighted by molar-refractivity contribution is 6.01. The van der Waals surface area contributed by atoms with E-state index in [4.69, 9.17) is 5.11 Å². The number of aliphatic hydroxyl groups excluding tert-OH is 1. The molecular weight excluding hydrogens is 240 g/mol. The first-order valence-electron chi connectivity index (χ1n) is 6.11. The molecule has 2 rings (SSSR count). The number of hydrogen-bond donors (Lipinski definition) is 2. The Labute approximate surface area is 112 Å². The number of aliphatic hydroxyl groups is 1. The number of rotatable bonds is 4. The molecule has 0 fully saturated rings. The molecule has 2 aromatic rings. The number of carbonyl (C=O) groups is 1. The van der Waals surface area contributed by atoms with Crippen LogP contribution >= 0.6 is 0 Å². The average molecular weight is 256 g/mol. The number of para-hydroxylation sites is 2. The summed E-state index contributed by atoms with van der Waals surface area (Å²) in [5.74, 6) is 0. The molecule has 0 spiro atoms. The maximum absolute atomic E-state index is 12.2. The minimum absolute atomic E-state index is 0.0862. The van der Waals surface area contributed by atoms with Crippen molar-refractivity contribution in [2.45, 2.75) is 0 Å². The van der Waals surface area contributed by atoms with Gasteiger partial charge in [0.15, 0.2) is 0 Å². The summed E-state index contributed by atoms with van der Waals surface area (Å²) in [5, 5.41) is 11.9. The van der Waals surface area contributed by atoms with Crippen molar-refractivity contribution in [3.8, 4) is 0 Å². The molecule has 2 amide bonds. The molecule has 0 atom stereocenters. The van der Waals surface area contributed by atoms with Crippen molar-refractivity contribution >= 4 is 17.4 Å². The van der Waals surface area contributed by atoms with Crippen LogP contribution in [-0.2, 0) is 0 Å². The van der Waals surface area contributed by atoms with Crippen molar-refractivity contribution in [1.82, 2.24) is 0 Å². The molecule has 0 bridgehead atoms. The zero-order valence-electron chi connectivity index (χ0n) is 10.5. The van der Waals surface area contributed by atoms with Gasteiger partial charge in [-0.15, -0.1) is 0 Å². The van der Waals surface area contributed by atoms with E-state index in [1.807, 2.05) is 60.7 Å². The number of urea groups is 1. The lowest BCUT2D eigenvalue weighted by Crippen LogP contribution is -2.37. The number of benzene rings is 2. The molecule has 0 saturated carbocycles. The van der Waals surface area contributed by atoms with Gasteiger partial charge in [0.05, 0.1) is 13.2 Å². The van der Waals surface area contributed by atoms with E-state index in [-0.39, 0.29) is 19.2 Å². The molecule has 0 aromatic heterocycles. The predicted octanol–water partition coefficient (Wildman–Crippen LogP) is 2.72. The summed E-state index contributed by atoms with van der Waals surface area (Å²) < 4.78 is 0. The monoisotopic (exact) mass is 256 g/mol. The molecule has 4 heteroatoms. The van der Waals surface area contributed by atoms with Crippen LogP contribution in [0.15, 0.2) is 60.7 Å². The highest BCUT2D eigenvalue weighted by atomic mass is 16.3. The molecule has 98 valence electrons. The second kappa shape index (κ2) is 6.56. The SMILES string of the molecule is O=C(Nc1ccccc1)N(CCO)c1ccccc1. The van der Waals surface area contributed by atoms with Crippen molar-refractivity contribution in [1.29, 1.82) is 0 Å². The Balaban J connectivity index is 2.13. The molecular formula is C15H16N2O2. The van der Waals surface area contributed by atoms with E-state index < -0.39 is 0 Å². The molecule has 0 aliphatic heterocycles. The fourth-order valence-corrected chi connectivity index (χ4v) is 1.77. The zero-order chi connectivity index (χ0) is 13.5. The average Bonchev–Trinajstić information content (AvgIpc) is 2.46. The van der Waals surface area contributed by atoms with Crippen LogP contribution in [0.4, 0.5) is 16.2 Å². The van der Waals surface area contributed by atoms with Crippen LogP contribution in [0.25, 0.3) is 0 Å². The summed E-state index contributed by atoms with van der Waals surface area (Å²) in [4.78, 5) is 13.7. The maximum atomic E-state index is 12.2. The van der Waals surface area contributed by atoms with Gasteiger partial charge in [-0.05, 0) is 24.3 Å². The van der Waals surface area contributed by atoms with Crippen LogP contribution in [0.2, 0.25) is 0 Å². The largest absolute Gasteiger partial charge is 0.395 e. The standard InChI is InChI=1S/C15H16N2O2/c18-12-11-17(14-9-5-2-6-10-14)15(19)16-13-7-3-1-4-8-13/h1-10,18H,11-12H2,(H,16,19). The topological polar surface area (TPSA) is 52.6 Å². The molecule has 2 aromatic carbocycles. The van der Waals surface area contributed by atoms with Crippen molar-refractivity contribution in [2.24, 2.45) is 0 Å². The number of nitrogens with one attached hydrogen (secondary N) is 1. The van der Waals surface area contributed by atoms with Crippen LogP contribution in [0.1, 0.15) is 0 Å². The Kier molecular flexibility index (Phi) is 4.53. The minimum Gasteiger partial charge on any atom is -0.395 e. The van der Waals surface area contributed by atoms with Gasteiger partial charge in [0.1, 0.15) is 0 Å². The lowest BCUT2D eigenvalue weighted by atomic mass is 10.3. The summed E-state index contributed by atoms with van der Waals surface area (Å²) in [6, 6.07) is 18.2. The van der Waals surface area contributed by atoms with Crippen molar-refractivity contribution in [2.75, 3.05) is 23.4 Å². The summed E-state index contributed by atoms with van der Waals surface area (Å²) in [6.45, 7) is 0.166. The first-order valence-corrected chi connectivity index (χ1v) is 6.11. The van der Waals surface area contributed by atoms with Gasteiger partial charge in [0.25, 0.3) is 0 Å². The summed E-state index contributed by atoms with van der Waals surface area (Å²) in [5.41, 5.74) is 1.48. The Hall–Kier alpha value is -2.33. The lowest BCUT2D eigenvalue weighted by Gasteiger charge is -2.22. The van der Waals surface area contributed by atoms with E-state index in [0.717, 1.165) is 11.4 Å². The summed E-state index contributed by atoms with van der Waals surface area (Å²) in [7, 11) is 0. The molecule has 0 saturated heterocycles. The second-order valence-electron chi connectivity index (χ2n) is 4.01. The van der Waals surface area contributed by atoms with Gasteiger partial charge in [0.2, 0.25) is 0 Å². The first-order chi connectivity index (χ1) is 9.31. The number of carbonyl (C=O) groups excluding carboxylic acids is 1. The number of hydrogen-bond acceptors (Lipinski definition) is 2. The molecule has 19 heavy (non-hydrogen) atoms. The Morgan fingerprint density at radius 2 is 1.58 bits per heavy atom. The summed E-state index contributed by atoms with van der Waals surface area (Å²) >= 11 is 0. The summed E-state index contributed by atoms with van der Waals surface area (Å²) in [6.07, 6.45) is 0. The highest BCUT2D eigenvalue weighted by Crippen LogP contribution is 2.15. The van der Waals surface area contributed by atoms with Crippen molar-refractivity contribution in [3.63, 3.8) is 0 Å². The van der Waals surface area contributed by atoms with Gasteiger partial charge in [-0.3, -0.25) is 4.90 Å². The van der Waals surface area contributed by atoms with Crippen LogP contribution in [0.3, 0.4) is 0 Å². The van der Waals surface area contributed by atoms with E-state index in [1.54, 1.807) is 0 Å². The van der Waals surface area contributed by atoms with Gasteiger partial charge >= 0.3 is 6.03 Å². The van der Waals surface area contributed by atoms with E-state index >= 15 is 0 Å². The van der Waals surface area contributed by atoms with Crippen LogP contribution < -0.4 is 10.2 Å². The third-order valence-electron chi connectivity index (χ3n) is 2.66. The third kappa shape index (κ3) is 3.56. The number of amides is 2. The highest BCUT2D eigenvalue weighted by Gasteiger charge is 2.14. The molecule has 0 unspecified atom stereocenters. The molecule has 2 N–H and O–H groups in total. The first kappa shape index (κ1) is 13.1. The fourth-order valence-electron chi connectivity index (χ4n) is 1.77. The predicted molar refractivity (Wildman–Crippen MR) is 76.3 cm³/mol. The van der Waals surface area contributed by atoms with E-state index in [2.05, 4.69) is 5.32 Å². The number of anilines is 2. The van der Waals surface area contributed by atoms with Gasteiger partial charge in [-0.25, -0.2) is 4.79 Å². The number of nitrogens with zero attached hydrogens (tertiary/aromatic N) is 1. The van der Waals surface area contributed by atoms with Gasteiger partial charge in [-0.1, -0.05) is 36.4 Å². The van der Waals surface area contributed by atoms with E-state index in [1.165, 1.54) is 4.90 Å². The Morgan fingerprint density at radius 3 is 2.16 bits per heavy atom. The molecule has 0 radical (unpaired) electrons. The van der Waals surface area contributed by atoms with Crippen LogP contribution in [0.5, 0.6) is 0 Å². The van der Waals surface area contributed by atoms with Crippen molar-refractivity contribution in [3.05, 3.63) is 60.7 Å². The fraction of sp³-hybridized carbons (Fsp3) is 0.133. The molecule has 0 aliphatic carbocycles. The molecule has 0 aliphatic rings. The maximum Gasteiger partial charge on any atom is 0.326 e. The zero-order valence-corrected chi connectivity index (χ0v) is 10.5. The smallest absolute Gasteiger partial charge is 0.326 e. The van der Waals surface area contributed by atoms with E-state index in [0.29, 0.717) is 0 Å². The Morgan fingerprint density at radius 1 is 1.00 bits per heavy atom. The van der Waals surface area contributed by atoms with E-state index in [9.17, 15) is 4.79 Å². The third-order valence-corrected chi connectivity index (χ3v) is 2.66. The van der Waals surface area contributed by atoms with Gasteiger partial charge < -0.3 is 10.4 Å². The van der Waals surface area contributed by atoms with Gasteiger partial charge in [0, 0.05) is 11.4 Å².